The van der Waals surface area contributed by atoms with Gasteiger partial charge in [-0.05, 0) is 25.5 Å². The number of hydrogen-bond donors (Lipinski definition) is 1. The maximum atomic E-state index is 10.8. The molecule has 2 nitrogen and oxygen atoms in total. The molecule has 2 rings (SSSR count). The molecule has 17 heavy (non-hydrogen) atoms. The van der Waals surface area contributed by atoms with Crippen molar-refractivity contribution < 1.29 is 9.90 Å². The average molecular weight is 226 g/mol. The molecule has 0 aliphatic carbocycles. The van der Waals surface area contributed by atoms with Gasteiger partial charge in [0.25, 0.3) is 0 Å². The van der Waals surface area contributed by atoms with Crippen molar-refractivity contribution >= 4 is 6.29 Å². The highest BCUT2D eigenvalue weighted by Gasteiger charge is 2.08. The summed E-state index contributed by atoms with van der Waals surface area (Å²) < 4.78 is 0. The zero-order valence-corrected chi connectivity index (χ0v) is 9.90. The number of hydrogen-bond acceptors (Lipinski definition) is 2. The molecule has 2 aromatic carbocycles. The van der Waals surface area contributed by atoms with Gasteiger partial charge in [0.2, 0.25) is 0 Å². The number of carbonyl (C=O) groups is 1. The maximum absolute atomic E-state index is 10.8. The first-order chi connectivity index (χ1) is 8.11. The average Bonchev–Trinajstić information content (AvgIpc) is 2.28. The number of aryl methyl sites for hydroxylation is 2. The molecule has 0 saturated carbocycles. The zero-order valence-electron chi connectivity index (χ0n) is 9.90. The van der Waals surface area contributed by atoms with Crippen LogP contribution >= 0.6 is 0 Å². The number of rotatable bonds is 2. The molecule has 0 saturated heterocycles. The van der Waals surface area contributed by atoms with E-state index in [0.717, 1.165) is 16.7 Å². The summed E-state index contributed by atoms with van der Waals surface area (Å²) in [6.45, 7) is 4.02. The second kappa shape index (κ2) is 4.42. The highest BCUT2D eigenvalue weighted by Crippen LogP contribution is 2.32. The summed E-state index contributed by atoms with van der Waals surface area (Å²) in [5.74, 6) is 0.0486. The summed E-state index contributed by atoms with van der Waals surface area (Å²) in [7, 11) is 0. The lowest BCUT2D eigenvalue weighted by Crippen LogP contribution is -1.87. The van der Waals surface area contributed by atoms with Gasteiger partial charge in [0.15, 0.2) is 6.29 Å². The van der Waals surface area contributed by atoms with E-state index in [0.29, 0.717) is 17.4 Å². The Labute approximate surface area is 101 Å². The normalized spacial score (nSPS) is 10.2. The molecule has 1 N–H and O–H groups in total. The lowest BCUT2D eigenvalue weighted by atomic mass is 9.98. The largest absolute Gasteiger partial charge is 0.507 e. The van der Waals surface area contributed by atoms with Gasteiger partial charge in [-0.25, -0.2) is 0 Å². The van der Waals surface area contributed by atoms with Crippen molar-refractivity contribution in [1.29, 1.82) is 0 Å². The Hall–Kier alpha value is -2.09. The molecular formula is C15H14O2. The van der Waals surface area contributed by atoms with E-state index in [4.69, 9.17) is 0 Å². The van der Waals surface area contributed by atoms with E-state index in [1.807, 2.05) is 32.0 Å². The molecule has 0 fully saturated rings. The molecule has 0 amide bonds. The van der Waals surface area contributed by atoms with Gasteiger partial charge in [0.05, 0.1) is 5.56 Å². The fraction of sp³-hybridized carbons (Fsp3) is 0.133. The summed E-state index contributed by atoms with van der Waals surface area (Å²) >= 11 is 0. The quantitative estimate of drug-likeness (QED) is 0.796. The van der Waals surface area contributed by atoms with Gasteiger partial charge >= 0.3 is 0 Å². The van der Waals surface area contributed by atoms with E-state index < -0.39 is 0 Å². The summed E-state index contributed by atoms with van der Waals surface area (Å²) in [5.41, 5.74) is 4.22. The minimum absolute atomic E-state index is 0.0486. The van der Waals surface area contributed by atoms with Crippen LogP contribution in [0, 0.1) is 13.8 Å². The third-order valence-electron chi connectivity index (χ3n) is 2.73. The fourth-order valence-electron chi connectivity index (χ4n) is 2.02. The Kier molecular flexibility index (Phi) is 2.96. The van der Waals surface area contributed by atoms with Crippen LogP contribution in [0.4, 0.5) is 0 Å². The summed E-state index contributed by atoms with van der Waals surface area (Å²) in [4.78, 5) is 10.8. The molecule has 86 valence electrons. The molecule has 0 spiro atoms. The first-order valence-corrected chi connectivity index (χ1v) is 5.47. The van der Waals surface area contributed by atoms with E-state index in [-0.39, 0.29) is 5.75 Å². The van der Waals surface area contributed by atoms with Crippen LogP contribution in [0.3, 0.4) is 0 Å². The molecule has 0 atom stereocenters. The van der Waals surface area contributed by atoms with E-state index in [2.05, 4.69) is 6.07 Å². The van der Waals surface area contributed by atoms with Crippen LogP contribution in [0.15, 0.2) is 36.4 Å². The molecule has 2 aromatic rings. The number of phenolic OH excluding ortho intramolecular Hbond substituents is 1. The van der Waals surface area contributed by atoms with Gasteiger partial charge in [-0.3, -0.25) is 4.79 Å². The van der Waals surface area contributed by atoms with Crippen molar-refractivity contribution in [3.8, 4) is 16.9 Å². The van der Waals surface area contributed by atoms with E-state index in [1.54, 1.807) is 12.1 Å². The highest BCUT2D eigenvalue weighted by atomic mass is 16.3. The van der Waals surface area contributed by atoms with Gasteiger partial charge in [0.1, 0.15) is 5.75 Å². The SMILES string of the molecule is Cc1cc(C)cc(-c2cccc(C=O)c2O)c1. The topological polar surface area (TPSA) is 37.3 Å². The molecular weight excluding hydrogens is 212 g/mol. The number of para-hydroxylation sites is 1. The summed E-state index contributed by atoms with van der Waals surface area (Å²) in [6.07, 6.45) is 0.668. The van der Waals surface area contributed by atoms with E-state index in [9.17, 15) is 9.90 Å². The zero-order chi connectivity index (χ0) is 12.4. The molecule has 0 bridgehead atoms. The standard InChI is InChI=1S/C15H14O2/c1-10-6-11(2)8-13(7-10)14-5-3-4-12(9-16)15(14)17/h3-9,17H,1-2H3. The van der Waals surface area contributed by atoms with Gasteiger partial charge in [-0.1, -0.05) is 41.5 Å². The number of aldehydes is 1. The minimum atomic E-state index is 0.0486. The Morgan fingerprint density at radius 3 is 2.29 bits per heavy atom. The Bertz CT molecular complexity index is 551. The predicted octanol–water partition coefficient (Wildman–Crippen LogP) is 3.49. The van der Waals surface area contributed by atoms with Crippen molar-refractivity contribution in [3.05, 3.63) is 53.1 Å². The minimum Gasteiger partial charge on any atom is -0.507 e. The molecule has 0 aromatic heterocycles. The van der Waals surface area contributed by atoms with Gasteiger partial charge in [-0.15, -0.1) is 0 Å². The van der Waals surface area contributed by atoms with Crippen molar-refractivity contribution in [2.75, 3.05) is 0 Å². The number of phenols is 1. The summed E-state index contributed by atoms with van der Waals surface area (Å²) in [6, 6.07) is 11.3. The first-order valence-electron chi connectivity index (χ1n) is 5.47. The van der Waals surface area contributed by atoms with Crippen LogP contribution < -0.4 is 0 Å². The lowest BCUT2D eigenvalue weighted by Gasteiger charge is -2.08. The lowest BCUT2D eigenvalue weighted by molar-refractivity contribution is 0.112. The second-order valence-electron chi connectivity index (χ2n) is 4.24. The molecule has 0 heterocycles. The Balaban J connectivity index is 2.64. The van der Waals surface area contributed by atoms with Crippen LogP contribution in [0.1, 0.15) is 21.5 Å². The van der Waals surface area contributed by atoms with E-state index >= 15 is 0 Å². The third kappa shape index (κ3) is 2.21. The molecule has 0 radical (unpaired) electrons. The van der Waals surface area contributed by atoms with Crippen molar-refractivity contribution in [2.24, 2.45) is 0 Å². The highest BCUT2D eigenvalue weighted by molar-refractivity contribution is 5.85. The summed E-state index contributed by atoms with van der Waals surface area (Å²) in [5, 5.41) is 9.99. The van der Waals surface area contributed by atoms with Crippen molar-refractivity contribution in [3.63, 3.8) is 0 Å². The van der Waals surface area contributed by atoms with Crippen LogP contribution in [0.5, 0.6) is 5.75 Å². The smallest absolute Gasteiger partial charge is 0.153 e. The number of aromatic hydroxyl groups is 1. The Morgan fingerprint density at radius 2 is 1.71 bits per heavy atom. The number of benzene rings is 2. The molecule has 0 unspecified atom stereocenters. The second-order valence-corrected chi connectivity index (χ2v) is 4.24. The van der Waals surface area contributed by atoms with Crippen LogP contribution in [0.25, 0.3) is 11.1 Å². The molecule has 0 aliphatic heterocycles. The van der Waals surface area contributed by atoms with Crippen LogP contribution in [-0.4, -0.2) is 11.4 Å². The van der Waals surface area contributed by atoms with Crippen LogP contribution in [-0.2, 0) is 0 Å². The maximum Gasteiger partial charge on any atom is 0.153 e. The van der Waals surface area contributed by atoms with Gasteiger partial charge in [-0.2, -0.15) is 0 Å². The molecule has 0 aliphatic rings. The molecule has 2 heteroatoms. The Morgan fingerprint density at radius 1 is 1.06 bits per heavy atom. The fourth-order valence-corrected chi connectivity index (χ4v) is 2.02. The van der Waals surface area contributed by atoms with E-state index in [1.165, 1.54) is 0 Å². The van der Waals surface area contributed by atoms with Crippen molar-refractivity contribution in [2.45, 2.75) is 13.8 Å². The third-order valence-corrected chi connectivity index (χ3v) is 2.73. The van der Waals surface area contributed by atoms with Gasteiger partial charge < -0.3 is 5.11 Å². The van der Waals surface area contributed by atoms with Crippen LogP contribution in [0.2, 0.25) is 0 Å². The monoisotopic (exact) mass is 226 g/mol. The van der Waals surface area contributed by atoms with Crippen molar-refractivity contribution in [1.82, 2.24) is 0 Å². The van der Waals surface area contributed by atoms with Gasteiger partial charge in [0, 0.05) is 5.56 Å². The number of carbonyl (C=O) groups excluding carboxylic acids is 1. The first kappa shape index (κ1) is 11.4. The predicted molar refractivity (Wildman–Crippen MR) is 68.4 cm³/mol.